The third-order valence-electron chi connectivity index (χ3n) is 3.18. The van der Waals surface area contributed by atoms with E-state index < -0.39 is 4.92 Å². The number of carbonyl (C=O) groups is 1. The van der Waals surface area contributed by atoms with Crippen molar-refractivity contribution in [1.29, 1.82) is 0 Å². The van der Waals surface area contributed by atoms with E-state index in [0.717, 1.165) is 0 Å². The number of hydrogen-bond donors (Lipinski definition) is 2. The molecule has 2 N–H and O–H groups in total. The third kappa shape index (κ3) is 4.06. The maximum atomic E-state index is 12.1. The molecule has 0 atom stereocenters. The number of nitrogens with zero attached hydrogens (tertiary/aromatic N) is 2. The molecule has 0 saturated carbocycles. The first-order chi connectivity index (χ1) is 9.30. The third-order valence-corrected chi connectivity index (χ3v) is 3.18. The molecule has 0 unspecified atom stereocenters. The summed E-state index contributed by atoms with van der Waals surface area (Å²) in [7, 11) is 0. The van der Waals surface area contributed by atoms with E-state index in [4.69, 9.17) is 5.11 Å². The van der Waals surface area contributed by atoms with Crippen LogP contribution in [0.25, 0.3) is 0 Å². The van der Waals surface area contributed by atoms with Gasteiger partial charge >= 0.3 is 0 Å². The van der Waals surface area contributed by atoms with Gasteiger partial charge in [0.05, 0.1) is 11.1 Å². The molecule has 0 bridgehead atoms. The van der Waals surface area contributed by atoms with E-state index in [2.05, 4.69) is 5.32 Å². The van der Waals surface area contributed by atoms with Crippen LogP contribution in [0.3, 0.4) is 0 Å². The van der Waals surface area contributed by atoms with E-state index in [1.54, 1.807) is 4.57 Å². The summed E-state index contributed by atoms with van der Waals surface area (Å²) in [6.07, 6.45) is 1.93. The van der Waals surface area contributed by atoms with Crippen LogP contribution in [0.2, 0.25) is 0 Å². The highest BCUT2D eigenvalue weighted by atomic mass is 16.6. The largest absolute Gasteiger partial charge is 0.396 e. The van der Waals surface area contributed by atoms with Gasteiger partial charge in [-0.05, 0) is 18.8 Å². The zero-order valence-electron chi connectivity index (χ0n) is 12.0. The van der Waals surface area contributed by atoms with E-state index in [0.29, 0.717) is 19.5 Å². The van der Waals surface area contributed by atoms with Crippen LogP contribution in [0.4, 0.5) is 5.69 Å². The molecule has 20 heavy (non-hydrogen) atoms. The Morgan fingerprint density at radius 2 is 2.20 bits per heavy atom. The number of nitro groups is 1. The van der Waals surface area contributed by atoms with Crippen molar-refractivity contribution in [2.75, 3.05) is 13.2 Å². The maximum Gasteiger partial charge on any atom is 0.287 e. The van der Waals surface area contributed by atoms with Crippen LogP contribution in [0.15, 0.2) is 12.3 Å². The quantitative estimate of drug-likeness (QED) is 0.586. The summed E-state index contributed by atoms with van der Waals surface area (Å²) in [6.45, 7) is 6.62. The fourth-order valence-electron chi connectivity index (χ4n) is 1.85. The monoisotopic (exact) mass is 283 g/mol. The second-order valence-corrected chi connectivity index (χ2v) is 5.45. The lowest BCUT2D eigenvalue weighted by Crippen LogP contribution is -2.35. The van der Waals surface area contributed by atoms with Gasteiger partial charge in [-0.15, -0.1) is 0 Å². The lowest BCUT2D eigenvalue weighted by molar-refractivity contribution is -0.384. The van der Waals surface area contributed by atoms with Gasteiger partial charge in [0.2, 0.25) is 0 Å². The van der Waals surface area contributed by atoms with Crippen LogP contribution in [-0.2, 0) is 6.54 Å². The molecule has 0 saturated heterocycles. The summed E-state index contributed by atoms with van der Waals surface area (Å²) in [6, 6.07) is 1.28. The van der Waals surface area contributed by atoms with Crippen molar-refractivity contribution >= 4 is 11.6 Å². The number of amides is 1. The molecule has 1 rings (SSSR count). The Bertz CT molecular complexity index is 494. The summed E-state index contributed by atoms with van der Waals surface area (Å²) < 4.78 is 1.55. The van der Waals surface area contributed by atoms with Crippen LogP contribution in [0.1, 0.15) is 37.7 Å². The molecular formula is C13H21N3O4. The van der Waals surface area contributed by atoms with Crippen molar-refractivity contribution in [2.45, 2.75) is 33.7 Å². The van der Waals surface area contributed by atoms with Gasteiger partial charge in [0.15, 0.2) is 0 Å². The van der Waals surface area contributed by atoms with Gasteiger partial charge in [-0.2, -0.15) is 0 Å². The normalized spacial score (nSPS) is 11.4. The number of aryl methyl sites for hydroxylation is 1. The molecular weight excluding hydrogens is 262 g/mol. The lowest BCUT2D eigenvalue weighted by Gasteiger charge is -2.23. The minimum Gasteiger partial charge on any atom is -0.396 e. The van der Waals surface area contributed by atoms with Gasteiger partial charge in [0, 0.05) is 25.8 Å². The average Bonchev–Trinajstić information content (AvgIpc) is 2.80. The van der Waals surface area contributed by atoms with Gasteiger partial charge in [-0.25, -0.2) is 0 Å². The molecule has 7 heteroatoms. The van der Waals surface area contributed by atoms with Gasteiger partial charge in [-0.1, -0.05) is 13.8 Å². The van der Waals surface area contributed by atoms with E-state index >= 15 is 0 Å². The zero-order chi connectivity index (χ0) is 15.3. The highest BCUT2D eigenvalue weighted by Gasteiger charge is 2.22. The predicted molar refractivity (Wildman–Crippen MR) is 74.6 cm³/mol. The Balaban J connectivity index is 2.79. The fourth-order valence-corrected chi connectivity index (χ4v) is 1.85. The Morgan fingerprint density at radius 3 is 2.70 bits per heavy atom. The van der Waals surface area contributed by atoms with E-state index in [-0.39, 0.29) is 29.3 Å². The van der Waals surface area contributed by atoms with Crippen molar-refractivity contribution in [2.24, 2.45) is 5.41 Å². The van der Waals surface area contributed by atoms with Gasteiger partial charge in [-0.3, -0.25) is 14.9 Å². The number of aliphatic hydroxyl groups is 1. The minimum absolute atomic E-state index is 0.0552. The predicted octanol–water partition coefficient (Wildman–Crippen LogP) is 1.55. The highest BCUT2D eigenvalue weighted by Crippen LogP contribution is 2.19. The molecule has 0 aliphatic heterocycles. The Morgan fingerprint density at radius 1 is 1.55 bits per heavy atom. The summed E-state index contributed by atoms with van der Waals surface area (Å²) in [5.41, 5.74) is -0.0365. The van der Waals surface area contributed by atoms with Crippen LogP contribution >= 0.6 is 0 Å². The van der Waals surface area contributed by atoms with Crippen molar-refractivity contribution < 1.29 is 14.8 Å². The molecule has 1 heterocycles. The molecule has 0 radical (unpaired) electrons. The number of aromatic nitrogens is 1. The molecule has 0 aliphatic rings. The molecule has 1 aromatic rings. The molecule has 1 amide bonds. The van der Waals surface area contributed by atoms with Crippen molar-refractivity contribution in [3.63, 3.8) is 0 Å². The van der Waals surface area contributed by atoms with Crippen LogP contribution in [0.5, 0.6) is 0 Å². The summed E-state index contributed by atoms with van der Waals surface area (Å²) in [5.74, 6) is -0.342. The van der Waals surface area contributed by atoms with Crippen LogP contribution < -0.4 is 5.32 Å². The second-order valence-electron chi connectivity index (χ2n) is 5.45. The zero-order valence-corrected chi connectivity index (χ0v) is 12.0. The number of hydrogen-bond acceptors (Lipinski definition) is 4. The first-order valence-electron chi connectivity index (χ1n) is 6.54. The Hall–Kier alpha value is -1.89. The molecule has 112 valence electrons. The topological polar surface area (TPSA) is 97.4 Å². The Labute approximate surface area is 117 Å². The molecule has 7 nitrogen and oxygen atoms in total. The fraction of sp³-hybridized carbons (Fsp3) is 0.615. The number of aliphatic hydroxyl groups excluding tert-OH is 1. The van der Waals surface area contributed by atoms with E-state index in [1.165, 1.54) is 12.3 Å². The van der Waals surface area contributed by atoms with Crippen molar-refractivity contribution in [1.82, 2.24) is 9.88 Å². The minimum atomic E-state index is -0.515. The molecule has 0 spiro atoms. The van der Waals surface area contributed by atoms with Gasteiger partial charge in [0.25, 0.3) is 11.6 Å². The second kappa shape index (κ2) is 6.51. The molecule has 0 fully saturated rings. The summed E-state index contributed by atoms with van der Waals surface area (Å²) in [5, 5.41) is 22.4. The van der Waals surface area contributed by atoms with E-state index in [9.17, 15) is 14.9 Å². The molecule has 0 aliphatic carbocycles. The number of rotatable bonds is 7. The molecule has 1 aromatic heterocycles. The van der Waals surface area contributed by atoms with E-state index in [1.807, 2.05) is 20.8 Å². The SMILES string of the molecule is CCn1cc([N+](=O)[O-])cc1C(=O)NCC(C)(C)CCO. The maximum absolute atomic E-state index is 12.1. The first kappa shape index (κ1) is 16.2. The standard InChI is InChI=1S/C13H21N3O4/c1-4-15-8-10(16(19)20)7-11(15)12(18)14-9-13(2,3)5-6-17/h7-8,17H,4-6,9H2,1-3H3,(H,14,18). The summed E-state index contributed by atoms with van der Waals surface area (Å²) in [4.78, 5) is 22.3. The van der Waals surface area contributed by atoms with Crippen molar-refractivity contribution in [3.8, 4) is 0 Å². The molecule has 0 aromatic carbocycles. The number of nitrogens with one attached hydrogen (secondary N) is 1. The smallest absolute Gasteiger partial charge is 0.287 e. The first-order valence-corrected chi connectivity index (χ1v) is 6.54. The Kier molecular flexibility index (Phi) is 5.26. The highest BCUT2D eigenvalue weighted by molar-refractivity contribution is 5.93. The van der Waals surface area contributed by atoms with Crippen LogP contribution in [-0.4, -0.2) is 33.7 Å². The van der Waals surface area contributed by atoms with Crippen molar-refractivity contribution in [3.05, 3.63) is 28.1 Å². The van der Waals surface area contributed by atoms with Gasteiger partial charge in [0.1, 0.15) is 5.69 Å². The average molecular weight is 283 g/mol. The van der Waals surface area contributed by atoms with Crippen LogP contribution in [0, 0.1) is 15.5 Å². The lowest BCUT2D eigenvalue weighted by atomic mass is 9.90. The number of carbonyl (C=O) groups excluding carboxylic acids is 1. The van der Waals surface area contributed by atoms with Gasteiger partial charge < -0.3 is 15.0 Å². The summed E-state index contributed by atoms with van der Waals surface area (Å²) >= 11 is 0.